The van der Waals surface area contributed by atoms with Gasteiger partial charge in [0.25, 0.3) is 0 Å². The molecule has 0 fully saturated rings. The predicted octanol–water partition coefficient (Wildman–Crippen LogP) is 3.43. The van der Waals surface area contributed by atoms with Crippen LogP contribution in [0.2, 0.25) is 0 Å². The number of esters is 1. The van der Waals surface area contributed by atoms with Crippen LogP contribution in [0, 0.1) is 0 Å². The van der Waals surface area contributed by atoms with Crippen LogP contribution in [0.1, 0.15) is 32.3 Å². The van der Waals surface area contributed by atoms with Crippen LogP contribution in [0.3, 0.4) is 0 Å². The summed E-state index contributed by atoms with van der Waals surface area (Å²) < 4.78 is 5.02. The fourth-order valence-electron chi connectivity index (χ4n) is 1.48. The zero-order valence-electron chi connectivity index (χ0n) is 9.90. The summed E-state index contributed by atoms with van der Waals surface area (Å²) in [6, 6.07) is 9.84. The van der Waals surface area contributed by atoms with Crippen molar-refractivity contribution in [1.29, 1.82) is 0 Å². The van der Waals surface area contributed by atoms with Crippen molar-refractivity contribution in [3.8, 4) is 0 Å². The summed E-state index contributed by atoms with van der Waals surface area (Å²) in [6.07, 6.45) is 3.60. The van der Waals surface area contributed by atoms with Gasteiger partial charge in [-0.25, -0.2) is 4.79 Å². The standard InChI is InChI=1S/C14H18O2/c1-3-8-13(14(15)16-4-2)11-12-9-6-5-7-10-12/h5-7,9-11H,3-4,8H2,1-2H3. The van der Waals surface area contributed by atoms with Gasteiger partial charge in [0.1, 0.15) is 0 Å². The van der Waals surface area contributed by atoms with Crippen LogP contribution >= 0.6 is 0 Å². The van der Waals surface area contributed by atoms with Crippen LogP contribution in [-0.2, 0) is 9.53 Å². The molecule has 0 aliphatic heterocycles. The second kappa shape index (κ2) is 6.83. The molecule has 0 radical (unpaired) electrons. The van der Waals surface area contributed by atoms with Crippen LogP contribution in [0.4, 0.5) is 0 Å². The lowest BCUT2D eigenvalue weighted by Crippen LogP contribution is -2.07. The maximum Gasteiger partial charge on any atom is 0.334 e. The zero-order valence-corrected chi connectivity index (χ0v) is 9.90. The fraction of sp³-hybridized carbons (Fsp3) is 0.357. The van der Waals surface area contributed by atoms with Crippen molar-refractivity contribution < 1.29 is 9.53 Å². The molecular formula is C14H18O2. The summed E-state index contributed by atoms with van der Waals surface area (Å²) >= 11 is 0. The van der Waals surface area contributed by atoms with E-state index in [4.69, 9.17) is 4.74 Å². The molecule has 0 N–H and O–H groups in total. The number of carbonyl (C=O) groups is 1. The molecule has 0 unspecified atom stereocenters. The molecule has 16 heavy (non-hydrogen) atoms. The zero-order chi connectivity index (χ0) is 11.8. The van der Waals surface area contributed by atoms with Crippen molar-refractivity contribution in [2.24, 2.45) is 0 Å². The van der Waals surface area contributed by atoms with Gasteiger partial charge in [-0.15, -0.1) is 0 Å². The summed E-state index contributed by atoms with van der Waals surface area (Å²) in [5.41, 5.74) is 1.79. The SMILES string of the molecule is CCCC(=Cc1ccccc1)C(=O)OCC. The van der Waals surface area contributed by atoms with Gasteiger partial charge in [-0.05, 0) is 25.0 Å². The lowest BCUT2D eigenvalue weighted by Gasteiger charge is -2.05. The highest BCUT2D eigenvalue weighted by Crippen LogP contribution is 2.13. The van der Waals surface area contributed by atoms with E-state index in [-0.39, 0.29) is 5.97 Å². The molecule has 1 rings (SSSR count). The summed E-state index contributed by atoms with van der Waals surface area (Å²) in [5.74, 6) is -0.201. The summed E-state index contributed by atoms with van der Waals surface area (Å²) in [6.45, 7) is 4.30. The van der Waals surface area contributed by atoms with Crippen LogP contribution in [0.15, 0.2) is 35.9 Å². The monoisotopic (exact) mass is 218 g/mol. The molecule has 0 bridgehead atoms. The second-order valence-corrected chi connectivity index (χ2v) is 3.55. The molecule has 0 aromatic heterocycles. The minimum Gasteiger partial charge on any atom is -0.463 e. The Morgan fingerprint density at radius 1 is 1.25 bits per heavy atom. The third-order valence-electron chi connectivity index (χ3n) is 2.20. The quantitative estimate of drug-likeness (QED) is 0.559. The number of ether oxygens (including phenoxy) is 1. The van der Waals surface area contributed by atoms with E-state index in [2.05, 4.69) is 6.92 Å². The van der Waals surface area contributed by atoms with Crippen LogP contribution in [-0.4, -0.2) is 12.6 Å². The predicted molar refractivity (Wildman–Crippen MR) is 66.0 cm³/mol. The van der Waals surface area contributed by atoms with E-state index in [9.17, 15) is 4.79 Å². The third-order valence-corrected chi connectivity index (χ3v) is 2.20. The Labute approximate surface area is 96.9 Å². The summed E-state index contributed by atoms with van der Waals surface area (Å²) in [7, 11) is 0. The van der Waals surface area contributed by atoms with Gasteiger partial charge in [0.2, 0.25) is 0 Å². The van der Waals surface area contributed by atoms with E-state index >= 15 is 0 Å². The molecular weight excluding hydrogens is 200 g/mol. The van der Waals surface area contributed by atoms with E-state index in [1.54, 1.807) is 0 Å². The highest BCUT2D eigenvalue weighted by molar-refractivity contribution is 5.93. The second-order valence-electron chi connectivity index (χ2n) is 3.55. The lowest BCUT2D eigenvalue weighted by molar-refractivity contribution is -0.138. The largest absolute Gasteiger partial charge is 0.463 e. The number of rotatable bonds is 5. The first-order valence-corrected chi connectivity index (χ1v) is 5.70. The molecule has 2 nitrogen and oxygen atoms in total. The molecule has 0 spiro atoms. The molecule has 0 amide bonds. The van der Waals surface area contributed by atoms with Crippen molar-refractivity contribution in [2.45, 2.75) is 26.7 Å². The summed E-state index contributed by atoms with van der Waals surface area (Å²) in [4.78, 5) is 11.6. The van der Waals surface area contributed by atoms with Gasteiger partial charge in [0.15, 0.2) is 0 Å². The van der Waals surface area contributed by atoms with E-state index in [1.807, 2.05) is 43.3 Å². The van der Waals surface area contributed by atoms with Crippen LogP contribution < -0.4 is 0 Å². The average Bonchev–Trinajstić information content (AvgIpc) is 2.30. The first-order chi connectivity index (χ1) is 7.77. The smallest absolute Gasteiger partial charge is 0.334 e. The Bertz CT molecular complexity index is 352. The topological polar surface area (TPSA) is 26.3 Å². The minimum atomic E-state index is -0.201. The van der Waals surface area contributed by atoms with Crippen molar-refractivity contribution in [3.63, 3.8) is 0 Å². The van der Waals surface area contributed by atoms with Crippen molar-refractivity contribution in [1.82, 2.24) is 0 Å². The highest BCUT2D eigenvalue weighted by atomic mass is 16.5. The Morgan fingerprint density at radius 2 is 1.94 bits per heavy atom. The Hall–Kier alpha value is -1.57. The van der Waals surface area contributed by atoms with Gasteiger partial charge in [-0.1, -0.05) is 43.7 Å². The summed E-state index contributed by atoms with van der Waals surface area (Å²) in [5, 5.41) is 0. The molecule has 1 aromatic rings. The molecule has 86 valence electrons. The Balaban J connectivity index is 2.84. The molecule has 0 saturated heterocycles. The normalized spacial score (nSPS) is 11.2. The first kappa shape index (κ1) is 12.5. The lowest BCUT2D eigenvalue weighted by atomic mass is 10.1. The number of carbonyl (C=O) groups excluding carboxylic acids is 1. The van der Waals surface area contributed by atoms with Gasteiger partial charge >= 0.3 is 5.97 Å². The molecule has 1 aromatic carbocycles. The van der Waals surface area contributed by atoms with Crippen LogP contribution in [0.25, 0.3) is 6.08 Å². The van der Waals surface area contributed by atoms with E-state index in [0.717, 1.165) is 24.0 Å². The minimum absolute atomic E-state index is 0.201. The van der Waals surface area contributed by atoms with E-state index in [0.29, 0.717) is 6.61 Å². The van der Waals surface area contributed by atoms with Crippen molar-refractivity contribution >= 4 is 12.0 Å². The number of hydrogen-bond donors (Lipinski definition) is 0. The molecule has 0 aliphatic carbocycles. The Kier molecular flexibility index (Phi) is 5.34. The van der Waals surface area contributed by atoms with Crippen molar-refractivity contribution in [2.75, 3.05) is 6.61 Å². The number of benzene rings is 1. The van der Waals surface area contributed by atoms with Gasteiger partial charge < -0.3 is 4.74 Å². The maximum atomic E-state index is 11.6. The third kappa shape index (κ3) is 3.89. The highest BCUT2D eigenvalue weighted by Gasteiger charge is 2.08. The molecule has 0 saturated carbocycles. The van der Waals surface area contributed by atoms with Gasteiger partial charge in [-0.3, -0.25) is 0 Å². The maximum absolute atomic E-state index is 11.6. The van der Waals surface area contributed by atoms with Gasteiger partial charge in [-0.2, -0.15) is 0 Å². The first-order valence-electron chi connectivity index (χ1n) is 5.70. The van der Waals surface area contributed by atoms with Gasteiger partial charge in [0, 0.05) is 5.57 Å². The average molecular weight is 218 g/mol. The Morgan fingerprint density at radius 3 is 2.50 bits per heavy atom. The molecule has 0 heterocycles. The number of hydrogen-bond acceptors (Lipinski definition) is 2. The van der Waals surface area contributed by atoms with Gasteiger partial charge in [0.05, 0.1) is 6.61 Å². The molecule has 0 atom stereocenters. The van der Waals surface area contributed by atoms with E-state index in [1.165, 1.54) is 0 Å². The molecule has 2 heteroatoms. The van der Waals surface area contributed by atoms with E-state index < -0.39 is 0 Å². The fourth-order valence-corrected chi connectivity index (χ4v) is 1.48. The molecule has 0 aliphatic rings. The van der Waals surface area contributed by atoms with Crippen LogP contribution in [0.5, 0.6) is 0 Å². The van der Waals surface area contributed by atoms with Crippen molar-refractivity contribution in [3.05, 3.63) is 41.5 Å².